The summed E-state index contributed by atoms with van der Waals surface area (Å²) in [5.74, 6) is 1.40. The molecule has 0 spiro atoms. The number of rotatable bonds is 3. The summed E-state index contributed by atoms with van der Waals surface area (Å²) in [6, 6.07) is 18.4. The fraction of sp³-hybridized carbons (Fsp3) is 0.158. The van der Waals surface area contributed by atoms with Gasteiger partial charge in [-0.1, -0.05) is 58.4 Å². The van der Waals surface area contributed by atoms with Crippen LogP contribution in [0.1, 0.15) is 24.2 Å². The fourth-order valence-corrected chi connectivity index (χ4v) is 3.69. The van der Waals surface area contributed by atoms with Crippen LogP contribution in [0.3, 0.4) is 0 Å². The molecule has 0 N–H and O–H groups in total. The van der Waals surface area contributed by atoms with Crippen molar-refractivity contribution < 1.29 is 0 Å². The molecule has 1 aliphatic carbocycles. The van der Waals surface area contributed by atoms with Crippen molar-refractivity contribution in [3.05, 3.63) is 76.7 Å². The Morgan fingerprint density at radius 3 is 2.56 bits per heavy atom. The third-order valence-electron chi connectivity index (χ3n) is 4.76. The van der Waals surface area contributed by atoms with Crippen LogP contribution >= 0.6 is 15.9 Å². The first-order valence-corrected chi connectivity index (χ1v) is 8.96. The molecule has 0 amide bonds. The molecule has 5 rings (SSSR count). The van der Waals surface area contributed by atoms with Crippen LogP contribution in [-0.2, 0) is 5.41 Å². The van der Waals surface area contributed by atoms with E-state index in [9.17, 15) is 0 Å². The summed E-state index contributed by atoms with van der Waals surface area (Å²) in [6.07, 6.45) is 3.84. The first kappa shape index (κ1) is 14.7. The number of benzene rings is 2. The quantitative estimate of drug-likeness (QED) is 0.528. The van der Waals surface area contributed by atoms with Crippen LogP contribution in [0.25, 0.3) is 17.0 Å². The van der Waals surface area contributed by atoms with Crippen molar-refractivity contribution in [1.82, 2.24) is 24.8 Å². The van der Waals surface area contributed by atoms with Crippen LogP contribution in [0.15, 0.2) is 65.3 Å². The van der Waals surface area contributed by atoms with E-state index < -0.39 is 0 Å². The first-order valence-electron chi connectivity index (χ1n) is 8.17. The average Bonchev–Trinajstić information content (AvgIpc) is 3.35. The molecule has 2 aromatic carbocycles. The number of halogens is 1. The van der Waals surface area contributed by atoms with E-state index in [2.05, 4.69) is 49.3 Å². The van der Waals surface area contributed by atoms with Crippen molar-refractivity contribution in [2.75, 3.05) is 0 Å². The summed E-state index contributed by atoms with van der Waals surface area (Å²) in [4.78, 5) is 4.45. The highest BCUT2D eigenvalue weighted by Gasteiger charge is 2.50. The van der Waals surface area contributed by atoms with Gasteiger partial charge in [-0.3, -0.25) is 0 Å². The van der Waals surface area contributed by atoms with Gasteiger partial charge in [-0.15, -0.1) is 10.2 Å². The van der Waals surface area contributed by atoms with Gasteiger partial charge in [0.2, 0.25) is 0 Å². The minimum absolute atomic E-state index is 0.118. The number of nitrogens with zero attached hydrogens (tertiary/aromatic N) is 5. The largest absolute Gasteiger partial charge is 0.271 e. The van der Waals surface area contributed by atoms with Gasteiger partial charge >= 0.3 is 0 Å². The Balaban J connectivity index is 1.67. The Morgan fingerprint density at radius 2 is 1.80 bits per heavy atom. The lowest BCUT2D eigenvalue weighted by atomic mass is 9.95. The maximum atomic E-state index is 4.78. The van der Waals surface area contributed by atoms with E-state index in [4.69, 9.17) is 5.10 Å². The maximum Gasteiger partial charge on any atom is 0.271 e. The molecule has 1 aliphatic rings. The lowest BCUT2D eigenvalue weighted by molar-refractivity contribution is 0.702. The Morgan fingerprint density at radius 1 is 0.960 bits per heavy atom. The molecule has 0 radical (unpaired) electrons. The Labute approximate surface area is 152 Å². The van der Waals surface area contributed by atoms with Crippen molar-refractivity contribution in [3.8, 4) is 11.3 Å². The SMILES string of the molecule is Brc1cccc(C2(c3nnc4ncc(-c5ccccc5)nn34)CC2)c1. The molecule has 0 saturated heterocycles. The number of hydrogen-bond donors (Lipinski definition) is 0. The van der Waals surface area contributed by atoms with Crippen molar-refractivity contribution in [2.24, 2.45) is 0 Å². The molecule has 2 aromatic heterocycles. The molecule has 5 nitrogen and oxygen atoms in total. The summed E-state index contributed by atoms with van der Waals surface area (Å²) >= 11 is 3.57. The van der Waals surface area contributed by atoms with Crippen molar-refractivity contribution >= 4 is 21.7 Å². The zero-order valence-electron chi connectivity index (χ0n) is 13.3. The third kappa shape index (κ3) is 2.36. The smallest absolute Gasteiger partial charge is 0.216 e. The molecule has 6 heteroatoms. The van der Waals surface area contributed by atoms with E-state index in [0.717, 1.165) is 34.4 Å². The highest BCUT2D eigenvalue weighted by atomic mass is 79.9. The second-order valence-corrected chi connectivity index (χ2v) is 7.25. The zero-order valence-corrected chi connectivity index (χ0v) is 14.9. The molecule has 4 aromatic rings. The van der Waals surface area contributed by atoms with Crippen LogP contribution in [0.2, 0.25) is 0 Å². The molecule has 25 heavy (non-hydrogen) atoms. The lowest BCUT2D eigenvalue weighted by Crippen LogP contribution is -2.15. The molecule has 0 atom stereocenters. The van der Waals surface area contributed by atoms with Gasteiger partial charge in [-0.25, -0.2) is 4.98 Å². The zero-order chi connectivity index (χ0) is 16.9. The summed E-state index contributed by atoms with van der Waals surface area (Å²) in [7, 11) is 0. The molecule has 1 fully saturated rings. The molecule has 0 aliphatic heterocycles. The van der Waals surface area contributed by atoms with Gasteiger partial charge in [0.1, 0.15) is 5.69 Å². The van der Waals surface area contributed by atoms with Gasteiger partial charge in [-0.05, 0) is 30.5 Å². The van der Waals surface area contributed by atoms with Crippen molar-refractivity contribution in [2.45, 2.75) is 18.3 Å². The third-order valence-corrected chi connectivity index (χ3v) is 5.25. The number of aromatic nitrogens is 5. The van der Waals surface area contributed by atoms with Crippen molar-refractivity contribution in [1.29, 1.82) is 0 Å². The summed E-state index contributed by atoms with van der Waals surface area (Å²) in [6.45, 7) is 0. The van der Waals surface area contributed by atoms with Crippen molar-refractivity contribution in [3.63, 3.8) is 0 Å². The fourth-order valence-electron chi connectivity index (χ4n) is 3.29. The molecule has 122 valence electrons. The minimum atomic E-state index is -0.118. The Hall–Kier alpha value is -2.60. The normalized spacial score (nSPS) is 15.4. The van der Waals surface area contributed by atoms with Crippen LogP contribution in [0.4, 0.5) is 0 Å². The van der Waals surface area contributed by atoms with Crippen LogP contribution in [0.5, 0.6) is 0 Å². The maximum absolute atomic E-state index is 4.78. The van der Waals surface area contributed by atoms with Gasteiger partial charge < -0.3 is 0 Å². The number of hydrogen-bond acceptors (Lipinski definition) is 4. The van der Waals surface area contributed by atoms with Gasteiger partial charge in [0.25, 0.3) is 5.78 Å². The molecule has 0 bridgehead atoms. The Bertz CT molecular complexity index is 1070. The highest BCUT2D eigenvalue weighted by molar-refractivity contribution is 9.10. The number of fused-ring (bicyclic) bond motifs is 1. The molecule has 1 saturated carbocycles. The monoisotopic (exact) mass is 391 g/mol. The van der Waals surface area contributed by atoms with Gasteiger partial charge in [-0.2, -0.15) is 9.61 Å². The second-order valence-electron chi connectivity index (χ2n) is 6.34. The van der Waals surface area contributed by atoms with E-state index in [0.29, 0.717) is 5.78 Å². The lowest BCUT2D eigenvalue weighted by Gasteiger charge is -2.14. The summed E-state index contributed by atoms with van der Waals surface area (Å²) < 4.78 is 2.87. The van der Waals surface area contributed by atoms with Crippen LogP contribution in [-0.4, -0.2) is 24.8 Å². The Kier molecular flexibility index (Phi) is 3.21. The molecule has 2 heterocycles. The van der Waals surface area contributed by atoms with E-state index in [1.165, 1.54) is 5.56 Å². The molecular weight excluding hydrogens is 378 g/mol. The molecular formula is C19H14BrN5. The van der Waals surface area contributed by atoms with E-state index >= 15 is 0 Å². The van der Waals surface area contributed by atoms with Crippen LogP contribution in [0, 0.1) is 0 Å². The highest BCUT2D eigenvalue weighted by Crippen LogP contribution is 2.52. The van der Waals surface area contributed by atoms with E-state index in [-0.39, 0.29) is 5.41 Å². The standard InChI is InChI=1S/C19H14BrN5/c20-15-8-4-7-14(11-15)19(9-10-19)17-22-23-18-21-12-16(24-25(17)18)13-5-2-1-3-6-13/h1-8,11-12H,9-10H2. The summed E-state index contributed by atoms with van der Waals surface area (Å²) in [5.41, 5.74) is 2.97. The van der Waals surface area contributed by atoms with E-state index in [1.54, 1.807) is 10.7 Å². The van der Waals surface area contributed by atoms with Gasteiger partial charge in [0.05, 0.1) is 11.6 Å². The minimum Gasteiger partial charge on any atom is -0.216 e. The van der Waals surface area contributed by atoms with Gasteiger partial charge in [0, 0.05) is 10.0 Å². The second kappa shape index (κ2) is 5.46. The van der Waals surface area contributed by atoms with Crippen LogP contribution < -0.4 is 0 Å². The predicted molar refractivity (Wildman–Crippen MR) is 98.2 cm³/mol. The van der Waals surface area contributed by atoms with Gasteiger partial charge in [0.15, 0.2) is 5.82 Å². The van der Waals surface area contributed by atoms with E-state index in [1.807, 2.05) is 36.4 Å². The average molecular weight is 392 g/mol. The summed E-state index contributed by atoms with van der Waals surface area (Å²) in [5, 5.41) is 13.5. The molecule has 0 unspecified atom stereocenters. The first-order chi connectivity index (χ1) is 12.3. The predicted octanol–water partition coefficient (Wildman–Crippen LogP) is 4.03. The topological polar surface area (TPSA) is 56.0 Å².